The molecule has 0 spiro atoms. The van der Waals surface area contributed by atoms with Crippen LogP contribution in [0.4, 0.5) is 0 Å². The van der Waals surface area contributed by atoms with E-state index in [1.807, 2.05) is 31.2 Å². The summed E-state index contributed by atoms with van der Waals surface area (Å²) in [4.78, 5) is 15.8. The molecule has 0 fully saturated rings. The van der Waals surface area contributed by atoms with Gasteiger partial charge in [0.05, 0.1) is 0 Å². The van der Waals surface area contributed by atoms with Crippen LogP contribution in [0, 0.1) is 0 Å². The van der Waals surface area contributed by atoms with E-state index in [2.05, 4.69) is 39.9 Å². The number of carbonyl (C=O) groups is 1. The molecule has 1 heterocycles. The van der Waals surface area contributed by atoms with Gasteiger partial charge < -0.3 is 15.6 Å². The third-order valence-electron chi connectivity index (χ3n) is 5.20. The van der Waals surface area contributed by atoms with Crippen molar-refractivity contribution in [3.05, 3.63) is 70.9 Å². The van der Waals surface area contributed by atoms with Gasteiger partial charge in [-0.25, -0.2) is 0 Å². The summed E-state index contributed by atoms with van der Waals surface area (Å²) >= 11 is 0. The fraction of sp³-hybridized carbons (Fsp3) is 0.318. The summed E-state index contributed by atoms with van der Waals surface area (Å²) in [6, 6.07) is 16.8. The molecule has 4 rings (SSSR count). The van der Waals surface area contributed by atoms with Crippen molar-refractivity contribution in [2.24, 2.45) is 0 Å². The number of benzene rings is 2. The molecule has 4 heteroatoms. The topological polar surface area (TPSA) is 56.9 Å². The largest absolute Gasteiger partial charge is 0.357 e. The molecule has 1 aliphatic carbocycles. The maximum Gasteiger partial charge on any atom is 0.251 e. The van der Waals surface area contributed by atoms with Crippen molar-refractivity contribution in [1.29, 1.82) is 0 Å². The lowest BCUT2D eigenvalue weighted by atomic mass is 9.91. The number of rotatable bonds is 5. The quantitative estimate of drug-likeness (QED) is 0.651. The highest BCUT2D eigenvalue weighted by molar-refractivity contribution is 5.99. The van der Waals surface area contributed by atoms with Gasteiger partial charge in [0, 0.05) is 41.3 Å². The maximum absolute atomic E-state index is 12.2. The van der Waals surface area contributed by atoms with E-state index in [0.717, 1.165) is 36.9 Å². The summed E-state index contributed by atoms with van der Waals surface area (Å²) in [7, 11) is 0. The molecule has 1 aliphatic rings. The van der Waals surface area contributed by atoms with Crippen molar-refractivity contribution >= 4 is 16.8 Å². The van der Waals surface area contributed by atoms with E-state index >= 15 is 0 Å². The Morgan fingerprint density at radius 2 is 2.04 bits per heavy atom. The molecule has 0 saturated carbocycles. The predicted molar refractivity (Wildman–Crippen MR) is 105 cm³/mol. The summed E-state index contributed by atoms with van der Waals surface area (Å²) in [5.41, 5.74) is 5.81. The monoisotopic (exact) mass is 347 g/mol. The van der Waals surface area contributed by atoms with E-state index in [-0.39, 0.29) is 5.91 Å². The van der Waals surface area contributed by atoms with E-state index in [0.29, 0.717) is 12.6 Å². The summed E-state index contributed by atoms with van der Waals surface area (Å²) in [5, 5.41) is 7.78. The fourth-order valence-corrected chi connectivity index (χ4v) is 3.91. The molecule has 4 nitrogen and oxygen atoms in total. The lowest BCUT2D eigenvalue weighted by Crippen LogP contribution is -2.24. The van der Waals surface area contributed by atoms with Gasteiger partial charge in [0.1, 0.15) is 0 Å². The van der Waals surface area contributed by atoms with Crippen LogP contribution in [0.1, 0.15) is 53.0 Å². The Bertz CT molecular complexity index is 914. The second kappa shape index (κ2) is 7.34. The molecule has 2 aromatic carbocycles. The first-order valence-electron chi connectivity index (χ1n) is 9.46. The Kier molecular flexibility index (Phi) is 4.76. The van der Waals surface area contributed by atoms with E-state index in [1.54, 1.807) is 0 Å². The van der Waals surface area contributed by atoms with Crippen molar-refractivity contribution in [3.8, 4) is 0 Å². The molecule has 0 radical (unpaired) electrons. The summed E-state index contributed by atoms with van der Waals surface area (Å²) in [6.45, 7) is 3.45. The van der Waals surface area contributed by atoms with Crippen LogP contribution in [0.5, 0.6) is 0 Å². The number of aryl methyl sites for hydroxylation is 1. The van der Waals surface area contributed by atoms with Crippen LogP contribution in [-0.4, -0.2) is 17.4 Å². The standard InChI is InChI=1S/C22H25N3O/c1-2-23-22(26)16-11-12-19-18(13-16)17-9-6-10-20(21(17)25-19)24-14-15-7-4-3-5-8-15/h3-5,7-8,11-13,20,24-25H,2,6,9-10,14H2,1H3,(H,23,26). The van der Waals surface area contributed by atoms with Crippen LogP contribution in [0.25, 0.3) is 10.9 Å². The molecule has 1 aromatic heterocycles. The zero-order valence-corrected chi connectivity index (χ0v) is 15.1. The average Bonchev–Trinajstić information content (AvgIpc) is 3.06. The van der Waals surface area contributed by atoms with Crippen LogP contribution < -0.4 is 10.6 Å². The minimum atomic E-state index is -0.00101. The third-order valence-corrected chi connectivity index (χ3v) is 5.20. The average molecular weight is 347 g/mol. The summed E-state index contributed by atoms with van der Waals surface area (Å²) in [5.74, 6) is -0.00101. The Morgan fingerprint density at radius 3 is 2.85 bits per heavy atom. The van der Waals surface area contributed by atoms with Crippen molar-refractivity contribution in [1.82, 2.24) is 15.6 Å². The number of aromatic amines is 1. The van der Waals surface area contributed by atoms with Crippen molar-refractivity contribution < 1.29 is 4.79 Å². The fourth-order valence-electron chi connectivity index (χ4n) is 3.91. The molecule has 0 saturated heterocycles. The normalized spacial score (nSPS) is 16.4. The highest BCUT2D eigenvalue weighted by atomic mass is 16.1. The van der Waals surface area contributed by atoms with Crippen molar-refractivity contribution in [3.63, 3.8) is 0 Å². The number of aromatic nitrogens is 1. The van der Waals surface area contributed by atoms with E-state index < -0.39 is 0 Å². The molecule has 134 valence electrons. The Hall–Kier alpha value is -2.59. The van der Waals surface area contributed by atoms with Crippen molar-refractivity contribution in [2.45, 2.75) is 38.8 Å². The number of nitrogens with one attached hydrogen (secondary N) is 3. The number of fused-ring (bicyclic) bond motifs is 3. The highest BCUT2D eigenvalue weighted by Crippen LogP contribution is 2.35. The molecule has 3 aromatic rings. The molecule has 1 atom stereocenters. The van der Waals surface area contributed by atoms with Gasteiger partial charge in [-0.2, -0.15) is 0 Å². The van der Waals surface area contributed by atoms with Gasteiger partial charge in [-0.1, -0.05) is 30.3 Å². The smallest absolute Gasteiger partial charge is 0.251 e. The third kappa shape index (κ3) is 3.25. The van der Waals surface area contributed by atoms with Gasteiger partial charge in [-0.3, -0.25) is 4.79 Å². The van der Waals surface area contributed by atoms with Crippen LogP contribution in [-0.2, 0) is 13.0 Å². The number of hydrogen-bond acceptors (Lipinski definition) is 2. The number of amides is 1. The first-order valence-corrected chi connectivity index (χ1v) is 9.46. The molecule has 0 aliphatic heterocycles. The summed E-state index contributed by atoms with van der Waals surface area (Å²) < 4.78 is 0. The van der Waals surface area contributed by atoms with Gasteiger partial charge >= 0.3 is 0 Å². The Balaban J connectivity index is 1.61. The highest BCUT2D eigenvalue weighted by Gasteiger charge is 2.24. The molecule has 1 unspecified atom stereocenters. The zero-order chi connectivity index (χ0) is 17.9. The van der Waals surface area contributed by atoms with E-state index in [9.17, 15) is 4.79 Å². The Labute approximate surface area is 154 Å². The second-order valence-electron chi connectivity index (χ2n) is 6.95. The lowest BCUT2D eigenvalue weighted by Gasteiger charge is -2.24. The molecule has 1 amide bonds. The molecular weight excluding hydrogens is 322 g/mol. The molecular formula is C22H25N3O. The Morgan fingerprint density at radius 1 is 1.19 bits per heavy atom. The SMILES string of the molecule is CCNC(=O)c1ccc2[nH]c3c(c2c1)CCCC3NCc1ccccc1. The molecule has 26 heavy (non-hydrogen) atoms. The number of hydrogen-bond donors (Lipinski definition) is 3. The number of carbonyl (C=O) groups excluding carboxylic acids is 1. The van der Waals surface area contributed by atoms with Crippen LogP contribution >= 0.6 is 0 Å². The lowest BCUT2D eigenvalue weighted by molar-refractivity contribution is 0.0956. The van der Waals surface area contributed by atoms with E-state index in [1.165, 1.54) is 22.2 Å². The van der Waals surface area contributed by atoms with Gasteiger partial charge in [0.15, 0.2) is 0 Å². The first-order chi connectivity index (χ1) is 12.8. The predicted octanol–water partition coefficient (Wildman–Crippen LogP) is 4.08. The minimum absolute atomic E-state index is 0.00101. The zero-order valence-electron chi connectivity index (χ0n) is 15.1. The summed E-state index contributed by atoms with van der Waals surface area (Å²) in [6.07, 6.45) is 3.37. The van der Waals surface area contributed by atoms with Gasteiger partial charge in [-0.05, 0) is 55.5 Å². The maximum atomic E-state index is 12.2. The van der Waals surface area contributed by atoms with E-state index in [4.69, 9.17) is 0 Å². The van der Waals surface area contributed by atoms with Gasteiger partial charge in [-0.15, -0.1) is 0 Å². The molecule has 0 bridgehead atoms. The van der Waals surface area contributed by atoms with Gasteiger partial charge in [0.2, 0.25) is 0 Å². The van der Waals surface area contributed by atoms with Gasteiger partial charge in [0.25, 0.3) is 5.91 Å². The number of H-pyrrole nitrogens is 1. The van der Waals surface area contributed by atoms with Crippen LogP contribution in [0.3, 0.4) is 0 Å². The van der Waals surface area contributed by atoms with Crippen LogP contribution in [0.15, 0.2) is 48.5 Å². The minimum Gasteiger partial charge on any atom is -0.357 e. The first kappa shape index (κ1) is 16.9. The van der Waals surface area contributed by atoms with Crippen LogP contribution in [0.2, 0.25) is 0 Å². The molecule has 3 N–H and O–H groups in total. The van der Waals surface area contributed by atoms with Crippen molar-refractivity contribution in [2.75, 3.05) is 6.54 Å². The second-order valence-corrected chi connectivity index (χ2v) is 6.95.